The average molecular weight is 443 g/mol. The van der Waals surface area contributed by atoms with Gasteiger partial charge in [-0.3, -0.25) is 14.1 Å². The molecule has 3 rings (SSSR count). The molecular formula is C23H30N4O3S. The Morgan fingerprint density at radius 1 is 1.13 bits per heavy atom. The van der Waals surface area contributed by atoms with Crippen LogP contribution in [0, 0.1) is 19.8 Å². The second-order valence-corrected chi connectivity index (χ2v) is 10.1. The first-order valence-electron chi connectivity index (χ1n) is 10.4. The van der Waals surface area contributed by atoms with Gasteiger partial charge in [0.25, 0.3) is 10.0 Å². The average Bonchev–Trinajstić information content (AvgIpc) is 2.73. The minimum atomic E-state index is -3.78. The topological polar surface area (TPSA) is 90.9 Å². The number of hydrogen-bond donors (Lipinski definition) is 2. The van der Waals surface area contributed by atoms with Gasteiger partial charge in [-0.2, -0.15) is 0 Å². The molecule has 0 radical (unpaired) electrons. The summed E-state index contributed by atoms with van der Waals surface area (Å²) in [5, 5.41) is 0. The van der Waals surface area contributed by atoms with E-state index in [1.807, 2.05) is 45.9 Å². The molecule has 2 aromatic carbocycles. The number of nitrogens with zero attached hydrogens (tertiary/aromatic N) is 2. The van der Waals surface area contributed by atoms with Crippen LogP contribution in [0.15, 0.2) is 52.4 Å². The number of amidine groups is 1. The molecule has 0 saturated carbocycles. The number of aryl methyl sites for hydroxylation is 2. The van der Waals surface area contributed by atoms with Crippen LogP contribution >= 0.6 is 0 Å². The van der Waals surface area contributed by atoms with E-state index in [1.54, 1.807) is 12.1 Å². The second kappa shape index (κ2) is 9.62. The number of nitrogens with one attached hydrogen (secondary N) is 2. The maximum Gasteiger partial charge on any atom is 0.264 e. The van der Waals surface area contributed by atoms with Crippen LogP contribution in [0.3, 0.4) is 0 Å². The Morgan fingerprint density at radius 3 is 2.42 bits per heavy atom. The highest BCUT2D eigenvalue weighted by Crippen LogP contribution is 2.29. The Kier molecular flexibility index (Phi) is 7.12. The molecule has 2 N–H and O–H groups in total. The highest BCUT2D eigenvalue weighted by Gasteiger charge is 2.27. The number of carbonyl (C=O) groups excluding carboxylic acids is 1. The Labute approximate surface area is 184 Å². The van der Waals surface area contributed by atoms with Crippen LogP contribution in [0.4, 0.5) is 5.69 Å². The Morgan fingerprint density at radius 2 is 1.84 bits per heavy atom. The van der Waals surface area contributed by atoms with Crippen molar-refractivity contribution < 1.29 is 13.2 Å². The molecule has 0 unspecified atom stereocenters. The number of benzene rings is 2. The lowest BCUT2D eigenvalue weighted by atomic mass is 10.1. The lowest BCUT2D eigenvalue weighted by Gasteiger charge is -2.28. The number of rotatable bonds is 8. The van der Waals surface area contributed by atoms with Crippen molar-refractivity contribution in [1.82, 2.24) is 10.9 Å². The van der Waals surface area contributed by atoms with Gasteiger partial charge < -0.3 is 5.43 Å². The molecule has 7 nitrogen and oxygen atoms in total. The second-order valence-electron chi connectivity index (χ2n) is 8.22. The van der Waals surface area contributed by atoms with Crippen molar-refractivity contribution in [1.29, 1.82) is 0 Å². The van der Waals surface area contributed by atoms with Gasteiger partial charge in [-0.05, 0) is 43.5 Å². The minimum absolute atomic E-state index is 0.118. The van der Waals surface area contributed by atoms with E-state index in [4.69, 9.17) is 0 Å². The quantitative estimate of drug-likeness (QED) is 0.613. The van der Waals surface area contributed by atoms with Crippen molar-refractivity contribution in [2.45, 2.75) is 39.0 Å². The molecule has 1 aliphatic heterocycles. The number of sulfonamides is 1. The lowest BCUT2D eigenvalue weighted by molar-refractivity contribution is 0.0999. The van der Waals surface area contributed by atoms with Crippen molar-refractivity contribution in [3.8, 4) is 0 Å². The highest BCUT2D eigenvalue weighted by molar-refractivity contribution is 7.92. The fourth-order valence-corrected chi connectivity index (χ4v) is 5.18. The zero-order valence-corrected chi connectivity index (χ0v) is 19.3. The van der Waals surface area contributed by atoms with Crippen LogP contribution in [0.25, 0.3) is 0 Å². The molecule has 0 atom stereocenters. The molecular weight excluding hydrogens is 412 g/mol. The fraction of sp³-hybridized carbons (Fsp3) is 0.391. The van der Waals surface area contributed by atoms with Gasteiger partial charge in [0.2, 0.25) is 0 Å². The van der Waals surface area contributed by atoms with E-state index in [-0.39, 0.29) is 23.0 Å². The van der Waals surface area contributed by atoms with Crippen LogP contribution in [0.5, 0.6) is 0 Å². The van der Waals surface area contributed by atoms with Gasteiger partial charge in [0, 0.05) is 18.7 Å². The molecule has 0 fully saturated rings. The standard InChI is InChI=1S/C23H30N4O3S/c1-16(2)15-27(21-10-5-17(3)13-18(21)4)31(29,30)20-8-6-19(7-9-20)22(28)14-23-24-11-12-25-26-23/h5-10,13,16,25H,11-12,14-15H2,1-4H3,(H,24,26). The Bertz CT molecular complexity index is 1080. The summed E-state index contributed by atoms with van der Waals surface area (Å²) in [6.45, 7) is 9.59. The third-order valence-electron chi connectivity index (χ3n) is 5.02. The van der Waals surface area contributed by atoms with Crippen LogP contribution in [-0.4, -0.2) is 39.7 Å². The van der Waals surface area contributed by atoms with Crippen molar-refractivity contribution in [3.05, 3.63) is 59.2 Å². The predicted molar refractivity (Wildman–Crippen MR) is 124 cm³/mol. The molecule has 8 heteroatoms. The number of aliphatic imine (C=N–C) groups is 1. The molecule has 0 amide bonds. The summed E-state index contributed by atoms with van der Waals surface area (Å²) in [4.78, 5) is 17.0. The van der Waals surface area contributed by atoms with E-state index in [2.05, 4.69) is 15.8 Å². The SMILES string of the molecule is Cc1ccc(N(CC(C)C)S(=O)(=O)c2ccc(C(=O)CC3=NCCNN3)cc2)c(C)c1. The molecule has 2 aromatic rings. The van der Waals surface area contributed by atoms with Crippen molar-refractivity contribution in [3.63, 3.8) is 0 Å². The van der Waals surface area contributed by atoms with E-state index >= 15 is 0 Å². The summed E-state index contributed by atoms with van der Waals surface area (Å²) in [7, 11) is -3.78. The van der Waals surface area contributed by atoms with Gasteiger partial charge in [-0.15, -0.1) is 0 Å². The molecule has 166 valence electrons. The summed E-state index contributed by atoms with van der Waals surface area (Å²) in [6, 6.07) is 11.9. The zero-order chi connectivity index (χ0) is 22.6. The van der Waals surface area contributed by atoms with Gasteiger partial charge in [0.05, 0.1) is 23.5 Å². The number of anilines is 1. The summed E-state index contributed by atoms with van der Waals surface area (Å²) in [5.74, 6) is 0.618. The first-order valence-corrected chi connectivity index (χ1v) is 11.9. The normalized spacial score (nSPS) is 14.2. The Hall–Kier alpha value is -2.71. The molecule has 0 aliphatic carbocycles. The number of Topliss-reactive ketones (excluding diaryl/α,β-unsaturated/α-hetero) is 1. The maximum absolute atomic E-state index is 13.5. The van der Waals surface area contributed by atoms with Crippen molar-refractivity contribution in [2.75, 3.05) is 23.9 Å². The van der Waals surface area contributed by atoms with E-state index in [9.17, 15) is 13.2 Å². The monoisotopic (exact) mass is 442 g/mol. The number of carbonyl (C=O) groups is 1. The minimum Gasteiger partial charge on any atom is -0.309 e. The predicted octanol–water partition coefficient (Wildman–Crippen LogP) is 3.23. The first kappa shape index (κ1) is 23.0. The van der Waals surface area contributed by atoms with E-state index in [0.717, 1.165) is 17.7 Å². The van der Waals surface area contributed by atoms with Crippen molar-refractivity contribution in [2.24, 2.45) is 10.9 Å². The maximum atomic E-state index is 13.5. The smallest absolute Gasteiger partial charge is 0.264 e. The van der Waals surface area contributed by atoms with Gasteiger partial charge in [0.1, 0.15) is 5.84 Å². The van der Waals surface area contributed by atoms with E-state index < -0.39 is 10.0 Å². The van der Waals surface area contributed by atoms with E-state index in [1.165, 1.54) is 16.4 Å². The van der Waals surface area contributed by atoms with E-state index in [0.29, 0.717) is 30.2 Å². The summed E-state index contributed by atoms with van der Waals surface area (Å²) < 4.78 is 28.5. The largest absolute Gasteiger partial charge is 0.309 e. The summed E-state index contributed by atoms with van der Waals surface area (Å²) in [6.07, 6.45) is 0.140. The summed E-state index contributed by atoms with van der Waals surface area (Å²) in [5.41, 5.74) is 8.97. The molecule has 0 saturated heterocycles. The molecule has 1 aliphatic rings. The molecule has 0 spiro atoms. The van der Waals surface area contributed by atoms with Crippen LogP contribution in [-0.2, 0) is 10.0 Å². The van der Waals surface area contributed by atoms with Gasteiger partial charge >= 0.3 is 0 Å². The number of hydrazine groups is 1. The third kappa shape index (κ3) is 5.51. The van der Waals surface area contributed by atoms with Crippen LogP contribution in [0.1, 0.15) is 41.8 Å². The Balaban J connectivity index is 1.87. The number of hydrogen-bond acceptors (Lipinski definition) is 6. The molecule has 0 bridgehead atoms. The summed E-state index contributed by atoms with van der Waals surface area (Å²) >= 11 is 0. The van der Waals surface area contributed by atoms with Gasteiger partial charge in [0.15, 0.2) is 5.78 Å². The number of ketones is 1. The lowest BCUT2D eigenvalue weighted by Crippen LogP contribution is -2.43. The van der Waals surface area contributed by atoms with Crippen LogP contribution in [0.2, 0.25) is 0 Å². The molecule has 0 aromatic heterocycles. The van der Waals surface area contributed by atoms with Gasteiger partial charge in [-0.25, -0.2) is 13.8 Å². The third-order valence-corrected chi connectivity index (χ3v) is 6.81. The zero-order valence-electron chi connectivity index (χ0n) is 18.5. The van der Waals surface area contributed by atoms with Gasteiger partial charge in [-0.1, -0.05) is 43.7 Å². The highest BCUT2D eigenvalue weighted by atomic mass is 32.2. The molecule has 1 heterocycles. The van der Waals surface area contributed by atoms with Crippen LogP contribution < -0.4 is 15.2 Å². The fourth-order valence-electron chi connectivity index (χ4n) is 3.49. The molecule has 31 heavy (non-hydrogen) atoms. The van der Waals surface area contributed by atoms with Crippen molar-refractivity contribution >= 4 is 27.3 Å². The first-order chi connectivity index (χ1) is 14.7.